The van der Waals surface area contributed by atoms with Crippen LogP contribution in [-0.4, -0.2) is 29.6 Å². The van der Waals surface area contributed by atoms with Gasteiger partial charge in [-0.2, -0.15) is 0 Å². The summed E-state index contributed by atoms with van der Waals surface area (Å²) in [6, 6.07) is -0.589. The zero-order valence-electron chi connectivity index (χ0n) is 7.04. The molecule has 70 valence electrons. The highest BCUT2D eigenvalue weighted by Crippen LogP contribution is 1.91. The van der Waals surface area contributed by atoms with Crippen LogP contribution in [0.3, 0.4) is 0 Å². The molecular weight excluding hydrogens is 160 g/mol. The molecule has 5 nitrogen and oxygen atoms in total. The minimum atomic E-state index is -1.06. The molecule has 0 aromatic carbocycles. The minimum absolute atomic E-state index is 0.365. The van der Waals surface area contributed by atoms with Gasteiger partial charge in [0, 0.05) is 0 Å². The molecule has 0 spiro atoms. The first kappa shape index (κ1) is 10.9. The third kappa shape index (κ3) is 4.68. The SMILES string of the molecule is CCC[C@@H](N)C(=O)NCC(=O)O. The normalized spacial score (nSPS) is 12.2. The molecule has 4 N–H and O–H groups in total. The van der Waals surface area contributed by atoms with Crippen LogP contribution in [0.4, 0.5) is 0 Å². The molecule has 0 saturated heterocycles. The van der Waals surface area contributed by atoms with Crippen LogP contribution in [0.2, 0.25) is 0 Å². The van der Waals surface area contributed by atoms with Crippen molar-refractivity contribution in [3.05, 3.63) is 0 Å². The summed E-state index contributed by atoms with van der Waals surface area (Å²) in [6.07, 6.45) is 1.38. The number of nitrogens with two attached hydrogens (primary N) is 1. The van der Waals surface area contributed by atoms with E-state index in [4.69, 9.17) is 10.8 Å². The Hall–Kier alpha value is -1.10. The van der Waals surface area contributed by atoms with Gasteiger partial charge in [-0.25, -0.2) is 0 Å². The number of amides is 1. The first-order valence-electron chi connectivity index (χ1n) is 3.83. The predicted octanol–water partition coefficient (Wildman–Crippen LogP) is -0.685. The molecule has 0 rings (SSSR count). The maximum absolute atomic E-state index is 10.9. The lowest BCUT2D eigenvalue weighted by Gasteiger charge is -2.08. The van der Waals surface area contributed by atoms with Crippen molar-refractivity contribution in [2.75, 3.05) is 6.54 Å². The van der Waals surface area contributed by atoms with Crippen LogP contribution in [0.5, 0.6) is 0 Å². The number of carbonyl (C=O) groups is 2. The summed E-state index contributed by atoms with van der Waals surface area (Å²) in [4.78, 5) is 21.0. The molecule has 0 aromatic heterocycles. The standard InChI is InChI=1S/C7H14N2O3/c1-2-3-5(8)7(12)9-4-6(10)11/h5H,2-4,8H2,1H3,(H,9,12)(H,10,11)/t5-/m1/s1. The lowest BCUT2D eigenvalue weighted by atomic mass is 10.2. The largest absolute Gasteiger partial charge is 0.480 e. The van der Waals surface area contributed by atoms with E-state index >= 15 is 0 Å². The number of hydrogen-bond acceptors (Lipinski definition) is 3. The summed E-state index contributed by atoms with van der Waals surface area (Å²) in [5, 5.41) is 10.4. The van der Waals surface area contributed by atoms with Crippen LogP contribution >= 0.6 is 0 Å². The summed E-state index contributed by atoms with van der Waals surface area (Å²) >= 11 is 0. The van der Waals surface area contributed by atoms with Crippen molar-refractivity contribution >= 4 is 11.9 Å². The average molecular weight is 174 g/mol. The van der Waals surface area contributed by atoms with Crippen molar-refractivity contribution in [3.63, 3.8) is 0 Å². The van der Waals surface area contributed by atoms with Gasteiger partial charge in [-0.05, 0) is 6.42 Å². The molecule has 0 aromatic rings. The van der Waals surface area contributed by atoms with Crippen molar-refractivity contribution in [1.29, 1.82) is 0 Å². The molecular formula is C7H14N2O3. The van der Waals surface area contributed by atoms with Crippen LogP contribution in [0, 0.1) is 0 Å². The highest BCUT2D eigenvalue weighted by molar-refractivity contribution is 5.84. The van der Waals surface area contributed by atoms with Crippen LogP contribution in [0.1, 0.15) is 19.8 Å². The number of aliphatic carboxylic acids is 1. The third-order valence-electron chi connectivity index (χ3n) is 1.35. The Morgan fingerprint density at radius 3 is 2.58 bits per heavy atom. The van der Waals surface area contributed by atoms with Crippen LogP contribution in [0.25, 0.3) is 0 Å². The molecule has 0 aliphatic rings. The molecule has 5 heteroatoms. The predicted molar refractivity (Wildman–Crippen MR) is 43.5 cm³/mol. The summed E-state index contributed by atoms with van der Waals surface area (Å²) in [6.45, 7) is 1.54. The van der Waals surface area contributed by atoms with E-state index in [0.717, 1.165) is 6.42 Å². The van der Waals surface area contributed by atoms with E-state index in [-0.39, 0.29) is 6.54 Å². The summed E-state index contributed by atoms with van der Waals surface area (Å²) < 4.78 is 0. The van der Waals surface area contributed by atoms with Gasteiger partial charge in [0.1, 0.15) is 6.54 Å². The Kier molecular flexibility index (Phi) is 5.03. The number of nitrogens with one attached hydrogen (secondary N) is 1. The van der Waals surface area contributed by atoms with Crippen molar-refractivity contribution < 1.29 is 14.7 Å². The monoisotopic (exact) mass is 174 g/mol. The highest BCUT2D eigenvalue weighted by atomic mass is 16.4. The second-order valence-corrected chi connectivity index (χ2v) is 2.51. The number of carboxylic acids is 1. The van der Waals surface area contributed by atoms with Gasteiger partial charge in [0.2, 0.25) is 5.91 Å². The van der Waals surface area contributed by atoms with E-state index in [0.29, 0.717) is 6.42 Å². The molecule has 1 atom stereocenters. The van der Waals surface area contributed by atoms with E-state index in [9.17, 15) is 9.59 Å². The maximum atomic E-state index is 10.9. The van der Waals surface area contributed by atoms with Crippen molar-refractivity contribution in [2.24, 2.45) is 5.73 Å². The summed E-state index contributed by atoms with van der Waals surface area (Å²) in [5.41, 5.74) is 5.41. The molecule has 1 amide bonds. The average Bonchev–Trinajstić information content (AvgIpc) is 2.00. The van der Waals surface area contributed by atoms with Gasteiger partial charge in [0.15, 0.2) is 0 Å². The fourth-order valence-electron chi connectivity index (χ4n) is 0.736. The van der Waals surface area contributed by atoms with Gasteiger partial charge in [-0.15, -0.1) is 0 Å². The minimum Gasteiger partial charge on any atom is -0.480 e. The Morgan fingerprint density at radius 1 is 1.58 bits per heavy atom. The number of carbonyl (C=O) groups excluding carboxylic acids is 1. The van der Waals surface area contributed by atoms with E-state index in [1.165, 1.54) is 0 Å². The smallest absolute Gasteiger partial charge is 0.322 e. The van der Waals surface area contributed by atoms with Crippen LogP contribution < -0.4 is 11.1 Å². The van der Waals surface area contributed by atoms with Crippen molar-refractivity contribution in [2.45, 2.75) is 25.8 Å². The number of carboxylic acid groups (broad SMARTS) is 1. The molecule has 0 saturated carbocycles. The molecule has 0 radical (unpaired) electrons. The van der Waals surface area contributed by atoms with E-state index < -0.39 is 17.9 Å². The molecule has 0 bridgehead atoms. The first-order valence-corrected chi connectivity index (χ1v) is 3.83. The zero-order chi connectivity index (χ0) is 9.56. The highest BCUT2D eigenvalue weighted by Gasteiger charge is 2.12. The number of rotatable bonds is 5. The van der Waals surface area contributed by atoms with Crippen molar-refractivity contribution in [1.82, 2.24) is 5.32 Å². The summed E-state index contributed by atoms with van der Waals surface area (Å²) in [7, 11) is 0. The molecule has 0 unspecified atom stereocenters. The fraction of sp³-hybridized carbons (Fsp3) is 0.714. The lowest BCUT2D eigenvalue weighted by molar-refractivity contribution is -0.138. The molecule has 0 aliphatic heterocycles. The number of hydrogen-bond donors (Lipinski definition) is 3. The van der Waals surface area contributed by atoms with Crippen molar-refractivity contribution in [3.8, 4) is 0 Å². The van der Waals surface area contributed by atoms with E-state index in [2.05, 4.69) is 5.32 Å². The topological polar surface area (TPSA) is 92.4 Å². The first-order chi connectivity index (χ1) is 5.57. The summed E-state index contributed by atoms with van der Waals surface area (Å²) in [5.74, 6) is -1.47. The van der Waals surface area contributed by atoms with E-state index in [1.807, 2.05) is 6.92 Å². The van der Waals surface area contributed by atoms with E-state index in [1.54, 1.807) is 0 Å². The fourth-order valence-corrected chi connectivity index (χ4v) is 0.736. The maximum Gasteiger partial charge on any atom is 0.322 e. The Bertz CT molecular complexity index is 170. The second-order valence-electron chi connectivity index (χ2n) is 2.51. The van der Waals surface area contributed by atoms with Gasteiger partial charge < -0.3 is 16.2 Å². The van der Waals surface area contributed by atoms with Gasteiger partial charge >= 0.3 is 5.97 Å². The Labute approximate surface area is 70.9 Å². The lowest BCUT2D eigenvalue weighted by Crippen LogP contribution is -2.42. The second kappa shape index (κ2) is 5.54. The Balaban J connectivity index is 3.64. The molecule has 0 aliphatic carbocycles. The zero-order valence-corrected chi connectivity index (χ0v) is 7.04. The Morgan fingerprint density at radius 2 is 2.17 bits per heavy atom. The van der Waals surface area contributed by atoms with Gasteiger partial charge in [0.05, 0.1) is 6.04 Å². The molecule has 0 fully saturated rings. The third-order valence-corrected chi connectivity index (χ3v) is 1.35. The van der Waals surface area contributed by atoms with Gasteiger partial charge in [-0.3, -0.25) is 9.59 Å². The quantitative estimate of drug-likeness (QED) is 0.514. The van der Waals surface area contributed by atoms with Gasteiger partial charge in [-0.1, -0.05) is 13.3 Å². The van der Waals surface area contributed by atoms with Crippen LogP contribution in [0.15, 0.2) is 0 Å². The van der Waals surface area contributed by atoms with Crippen LogP contribution in [-0.2, 0) is 9.59 Å². The molecule has 0 heterocycles. The van der Waals surface area contributed by atoms with Gasteiger partial charge in [0.25, 0.3) is 0 Å². The molecule has 12 heavy (non-hydrogen) atoms.